The number of nitrogens with zero attached hydrogens (tertiary/aromatic N) is 6. The average Bonchev–Trinajstić information content (AvgIpc) is 3.11. The number of anilines is 1. The van der Waals surface area contributed by atoms with Crippen LogP contribution in [0.5, 0.6) is 0 Å². The van der Waals surface area contributed by atoms with Gasteiger partial charge in [-0.1, -0.05) is 0 Å². The molecule has 3 aromatic rings. The van der Waals surface area contributed by atoms with Gasteiger partial charge in [0.15, 0.2) is 0 Å². The lowest BCUT2D eigenvalue weighted by Crippen LogP contribution is -2.48. The molecule has 0 aliphatic carbocycles. The minimum Gasteiger partial charge on any atom is -0.353 e. The van der Waals surface area contributed by atoms with E-state index in [0.717, 1.165) is 24.8 Å². The molecule has 1 amide bonds. The highest BCUT2D eigenvalue weighted by Gasteiger charge is 2.32. The summed E-state index contributed by atoms with van der Waals surface area (Å²) in [6.45, 7) is 5.96. The number of nitrogens with one attached hydrogen (secondary N) is 1. The molecular formula is C21H24F3N7O. The molecule has 0 unspecified atom stereocenters. The van der Waals surface area contributed by atoms with Gasteiger partial charge in [-0.25, -0.2) is 9.97 Å². The van der Waals surface area contributed by atoms with Crippen molar-refractivity contribution >= 4 is 22.6 Å². The van der Waals surface area contributed by atoms with Gasteiger partial charge in [0.25, 0.3) is 5.91 Å². The standard InChI is InChI=1S/C21H24F3N7O/c1-14-13-17(28-29(14)2)20(32)26-7-8-30-9-11-31(12-10-30)19-15-3-4-18(21(22,23)24)27-16(15)5-6-25-19/h3-6,13H,7-12H2,1-2H3,(H,26,32). The average molecular weight is 447 g/mol. The Kier molecular flexibility index (Phi) is 6.00. The van der Waals surface area contributed by atoms with Gasteiger partial charge in [-0.15, -0.1) is 0 Å². The molecule has 4 heterocycles. The molecule has 0 bridgehead atoms. The Morgan fingerprint density at radius 1 is 1.16 bits per heavy atom. The van der Waals surface area contributed by atoms with Gasteiger partial charge < -0.3 is 10.2 Å². The third kappa shape index (κ3) is 4.67. The number of hydrogen-bond acceptors (Lipinski definition) is 6. The van der Waals surface area contributed by atoms with Crippen LogP contribution in [0.4, 0.5) is 19.0 Å². The van der Waals surface area contributed by atoms with E-state index >= 15 is 0 Å². The number of halogens is 3. The molecule has 8 nitrogen and oxygen atoms in total. The summed E-state index contributed by atoms with van der Waals surface area (Å²) in [4.78, 5) is 24.6. The molecule has 0 spiro atoms. The first-order valence-corrected chi connectivity index (χ1v) is 10.3. The fourth-order valence-electron chi connectivity index (χ4n) is 3.72. The SMILES string of the molecule is Cc1cc(C(=O)NCCN2CCN(c3nccc4nc(C(F)(F)F)ccc34)CC2)nn1C. The maximum atomic E-state index is 13.0. The Balaban J connectivity index is 1.32. The third-order valence-electron chi connectivity index (χ3n) is 5.62. The number of aryl methyl sites for hydroxylation is 2. The van der Waals surface area contributed by atoms with Crippen molar-refractivity contribution in [3.8, 4) is 0 Å². The Bertz CT molecular complexity index is 1100. The molecule has 1 N–H and O–H groups in total. The summed E-state index contributed by atoms with van der Waals surface area (Å²) in [6, 6.07) is 5.68. The molecule has 0 saturated carbocycles. The summed E-state index contributed by atoms with van der Waals surface area (Å²) in [5, 5.41) is 7.66. The summed E-state index contributed by atoms with van der Waals surface area (Å²) in [5.41, 5.74) is 0.687. The van der Waals surface area contributed by atoms with Crippen LogP contribution in [0.3, 0.4) is 0 Å². The van der Waals surface area contributed by atoms with E-state index < -0.39 is 11.9 Å². The topological polar surface area (TPSA) is 79.2 Å². The van der Waals surface area contributed by atoms with Crippen LogP contribution in [0.25, 0.3) is 10.9 Å². The van der Waals surface area contributed by atoms with Gasteiger partial charge in [-0.3, -0.25) is 14.4 Å². The fraction of sp³-hybridized carbons (Fsp3) is 0.429. The highest BCUT2D eigenvalue weighted by atomic mass is 19.4. The van der Waals surface area contributed by atoms with E-state index in [2.05, 4.69) is 30.2 Å². The van der Waals surface area contributed by atoms with Crippen molar-refractivity contribution in [1.82, 2.24) is 30.0 Å². The van der Waals surface area contributed by atoms with Crippen LogP contribution in [0.15, 0.2) is 30.5 Å². The Morgan fingerprint density at radius 3 is 2.56 bits per heavy atom. The minimum atomic E-state index is -4.48. The maximum absolute atomic E-state index is 13.0. The predicted molar refractivity (Wildman–Crippen MR) is 113 cm³/mol. The molecule has 0 aromatic carbocycles. The zero-order valence-corrected chi connectivity index (χ0v) is 17.9. The maximum Gasteiger partial charge on any atom is 0.433 e. The van der Waals surface area contributed by atoms with Crippen LogP contribution in [0.1, 0.15) is 21.9 Å². The summed E-state index contributed by atoms with van der Waals surface area (Å²) >= 11 is 0. The smallest absolute Gasteiger partial charge is 0.353 e. The molecule has 170 valence electrons. The van der Waals surface area contributed by atoms with Gasteiger partial charge >= 0.3 is 6.18 Å². The van der Waals surface area contributed by atoms with Crippen molar-refractivity contribution in [3.05, 3.63) is 47.5 Å². The van der Waals surface area contributed by atoms with Crippen LogP contribution in [0, 0.1) is 6.92 Å². The van der Waals surface area contributed by atoms with Gasteiger partial charge in [-0.05, 0) is 31.2 Å². The number of piperazine rings is 1. The second-order valence-corrected chi connectivity index (χ2v) is 7.77. The van der Waals surface area contributed by atoms with Gasteiger partial charge in [0, 0.05) is 63.6 Å². The summed E-state index contributed by atoms with van der Waals surface area (Å²) < 4.78 is 40.5. The predicted octanol–water partition coefficient (Wildman–Crippen LogP) is 2.24. The summed E-state index contributed by atoms with van der Waals surface area (Å²) in [7, 11) is 1.79. The van der Waals surface area contributed by atoms with Crippen molar-refractivity contribution in [2.45, 2.75) is 13.1 Å². The Morgan fingerprint density at radius 2 is 1.91 bits per heavy atom. The van der Waals surface area contributed by atoms with Crippen molar-refractivity contribution < 1.29 is 18.0 Å². The lowest BCUT2D eigenvalue weighted by molar-refractivity contribution is -0.140. The zero-order valence-electron chi connectivity index (χ0n) is 17.9. The summed E-state index contributed by atoms with van der Waals surface area (Å²) in [5.74, 6) is 0.445. The van der Waals surface area contributed by atoms with Crippen LogP contribution < -0.4 is 10.2 Å². The number of fused-ring (bicyclic) bond motifs is 1. The molecule has 1 aliphatic rings. The fourth-order valence-corrected chi connectivity index (χ4v) is 3.72. The Hall–Kier alpha value is -3.21. The number of aromatic nitrogens is 4. The lowest BCUT2D eigenvalue weighted by atomic mass is 10.2. The van der Waals surface area contributed by atoms with Gasteiger partial charge in [0.05, 0.1) is 5.52 Å². The molecule has 0 radical (unpaired) electrons. The molecule has 4 rings (SSSR count). The first-order valence-electron chi connectivity index (χ1n) is 10.3. The number of hydrogen-bond donors (Lipinski definition) is 1. The van der Waals surface area contributed by atoms with E-state index in [9.17, 15) is 18.0 Å². The lowest BCUT2D eigenvalue weighted by Gasteiger charge is -2.35. The number of pyridine rings is 2. The van der Waals surface area contributed by atoms with E-state index in [1.54, 1.807) is 17.8 Å². The largest absolute Gasteiger partial charge is 0.433 e. The van der Waals surface area contributed by atoms with Crippen molar-refractivity contribution in [3.63, 3.8) is 0 Å². The van der Waals surface area contributed by atoms with Gasteiger partial charge in [0.2, 0.25) is 0 Å². The zero-order chi connectivity index (χ0) is 22.9. The molecule has 1 saturated heterocycles. The second-order valence-electron chi connectivity index (χ2n) is 7.77. The van der Waals surface area contributed by atoms with E-state index in [1.807, 2.05) is 6.92 Å². The number of carbonyl (C=O) groups is 1. The first kappa shape index (κ1) is 22.0. The van der Waals surface area contributed by atoms with E-state index in [4.69, 9.17) is 0 Å². The molecule has 3 aromatic heterocycles. The molecule has 11 heteroatoms. The highest BCUT2D eigenvalue weighted by molar-refractivity contribution is 5.92. The third-order valence-corrected chi connectivity index (χ3v) is 5.62. The van der Waals surface area contributed by atoms with Crippen LogP contribution in [-0.2, 0) is 13.2 Å². The van der Waals surface area contributed by atoms with Gasteiger partial charge in [-0.2, -0.15) is 18.3 Å². The molecule has 1 fully saturated rings. The number of alkyl halides is 3. The number of carbonyl (C=O) groups excluding carboxylic acids is 1. The number of amides is 1. The van der Waals surface area contributed by atoms with Crippen LogP contribution in [-0.4, -0.2) is 69.8 Å². The van der Waals surface area contributed by atoms with Crippen molar-refractivity contribution in [2.24, 2.45) is 7.05 Å². The minimum absolute atomic E-state index is 0.196. The van der Waals surface area contributed by atoms with Crippen LogP contribution >= 0.6 is 0 Å². The van der Waals surface area contributed by atoms with Gasteiger partial charge in [0.1, 0.15) is 17.2 Å². The quantitative estimate of drug-likeness (QED) is 0.647. The van der Waals surface area contributed by atoms with Crippen molar-refractivity contribution in [2.75, 3.05) is 44.2 Å². The molecule has 0 atom stereocenters. The van der Waals surface area contributed by atoms with Crippen molar-refractivity contribution in [1.29, 1.82) is 0 Å². The monoisotopic (exact) mass is 447 g/mol. The molecule has 32 heavy (non-hydrogen) atoms. The van der Waals surface area contributed by atoms with E-state index in [1.165, 1.54) is 18.3 Å². The molecular weight excluding hydrogens is 423 g/mol. The normalized spacial score (nSPS) is 15.3. The van der Waals surface area contributed by atoms with E-state index in [0.29, 0.717) is 43.1 Å². The number of rotatable bonds is 5. The molecule has 1 aliphatic heterocycles. The first-order chi connectivity index (χ1) is 15.2. The van der Waals surface area contributed by atoms with E-state index in [-0.39, 0.29) is 11.4 Å². The van der Waals surface area contributed by atoms with Crippen LogP contribution in [0.2, 0.25) is 0 Å². The highest BCUT2D eigenvalue weighted by Crippen LogP contribution is 2.31. The Labute approximate surface area is 183 Å². The second kappa shape index (κ2) is 8.73. The summed E-state index contributed by atoms with van der Waals surface area (Å²) in [6.07, 6.45) is -2.99.